The molecule has 0 amide bonds. The van der Waals surface area contributed by atoms with Gasteiger partial charge in [-0.05, 0) is 43.4 Å². The van der Waals surface area contributed by atoms with Gasteiger partial charge in [-0.25, -0.2) is 13.1 Å². The summed E-state index contributed by atoms with van der Waals surface area (Å²) in [5.74, 6) is 0. The van der Waals surface area contributed by atoms with Crippen LogP contribution in [0.3, 0.4) is 0 Å². The molecule has 2 rings (SSSR count). The summed E-state index contributed by atoms with van der Waals surface area (Å²) >= 11 is 1.32. The Morgan fingerprint density at radius 1 is 1.40 bits per heavy atom. The van der Waals surface area contributed by atoms with E-state index in [1.54, 1.807) is 6.07 Å². The van der Waals surface area contributed by atoms with Gasteiger partial charge in [-0.2, -0.15) is 0 Å². The van der Waals surface area contributed by atoms with Gasteiger partial charge in [0, 0.05) is 10.9 Å². The molecule has 0 aromatic carbocycles. The zero-order chi connectivity index (χ0) is 14.8. The Balaban J connectivity index is 2.13. The van der Waals surface area contributed by atoms with Crippen LogP contribution in [0.25, 0.3) is 0 Å². The number of hydrogen-bond donors (Lipinski definition) is 2. The van der Waals surface area contributed by atoms with Crippen molar-refractivity contribution in [2.24, 2.45) is 11.1 Å². The van der Waals surface area contributed by atoms with Crippen LogP contribution in [-0.2, 0) is 16.4 Å². The first-order chi connectivity index (χ1) is 9.35. The van der Waals surface area contributed by atoms with Crippen LogP contribution in [-0.4, -0.2) is 21.0 Å². The Morgan fingerprint density at radius 3 is 2.80 bits per heavy atom. The van der Waals surface area contributed by atoms with Crippen molar-refractivity contribution in [1.82, 2.24) is 4.72 Å². The summed E-state index contributed by atoms with van der Waals surface area (Å²) in [7, 11) is -3.40. The summed E-state index contributed by atoms with van der Waals surface area (Å²) in [6, 6.07) is 3.58. The highest BCUT2D eigenvalue weighted by Gasteiger charge is 2.35. The minimum Gasteiger partial charge on any atom is -0.330 e. The van der Waals surface area contributed by atoms with Crippen LogP contribution in [0, 0.1) is 5.41 Å². The van der Waals surface area contributed by atoms with Crippen molar-refractivity contribution >= 4 is 21.4 Å². The molecular weight excluding hydrogens is 292 g/mol. The number of sulfonamides is 1. The van der Waals surface area contributed by atoms with E-state index in [0.29, 0.717) is 10.8 Å². The third-order valence-corrected chi connectivity index (χ3v) is 7.21. The highest BCUT2D eigenvalue weighted by molar-refractivity contribution is 7.91. The minimum absolute atomic E-state index is 0.0290. The summed E-state index contributed by atoms with van der Waals surface area (Å²) in [6.45, 7) is 4.84. The number of thiophene rings is 1. The van der Waals surface area contributed by atoms with E-state index in [2.05, 4.69) is 18.6 Å². The van der Waals surface area contributed by atoms with Gasteiger partial charge < -0.3 is 5.73 Å². The van der Waals surface area contributed by atoms with E-state index in [9.17, 15) is 8.42 Å². The van der Waals surface area contributed by atoms with Crippen molar-refractivity contribution in [1.29, 1.82) is 0 Å². The third-order valence-electron chi connectivity index (χ3n) is 4.10. The first-order valence-corrected chi connectivity index (χ1v) is 9.46. The number of nitrogens with one attached hydrogen (secondary N) is 1. The first kappa shape index (κ1) is 15.9. The highest BCUT2D eigenvalue weighted by atomic mass is 32.2. The van der Waals surface area contributed by atoms with Crippen LogP contribution in [0.5, 0.6) is 0 Å². The molecule has 1 fully saturated rings. The number of rotatable bonds is 5. The number of hydrogen-bond acceptors (Lipinski definition) is 4. The lowest BCUT2D eigenvalue weighted by Crippen LogP contribution is -2.46. The van der Waals surface area contributed by atoms with Crippen molar-refractivity contribution in [3.8, 4) is 0 Å². The normalized spacial score (nSPS) is 22.9. The molecule has 0 radical (unpaired) electrons. The fraction of sp³-hybridized carbons (Fsp3) is 0.714. The lowest BCUT2D eigenvalue weighted by Gasteiger charge is -2.38. The molecule has 1 aliphatic rings. The van der Waals surface area contributed by atoms with E-state index >= 15 is 0 Å². The van der Waals surface area contributed by atoms with Crippen LogP contribution in [0.2, 0.25) is 0 Å². The van der Waals surface area contributed by atoms with Gasteiger partial charge >= 0.3 is 0 Å². The van der Waals surface area contributed by atoms with E-state index in [1.807, 2.05) is 6.07 Å². The van der Waals surface area contributed by atoms with Gasteiger partial charge in [0.05, 0.1) is 0 Å². The molecule has 0 spiro atoms. The highest BCUT2D eigenvalue weighted by Crippen LogP contribution is 2.36. The Kier molecular flexibility index (Phi) is 4.89. The topological polar surface area (TPSA) is 72.2 Å². The zero-order valence-electron chi connectivity index (χ0n) is 12.2. The first-order valence-electron chi connectivity index (χ1n) is 7.16. The molecule has 1 aromatic heterocycles. The lowest BCUT2D eigenvalue weighted by atomic mass is 9.74. The molecule has 4 nitrogen and oxygen atoms in total. The molecule has 114 valence electrons. The third kappa shape index (κ3) is 3.61. The Hall–Kier alpha value is -0.430. The van der Waals surface area contributed by atoms with Crippen molar-refractivity contribution < 1.29 is 8.42 Å². The SMILES string of the molecule is CC1(C)CCCCC1NS(=O)(=O)c1ccc(CCN)s1. The summed E-state index contributed by atoms with van der Waals surface area (Å²) < 4.78 is 28.3. The molecular formula is C14H24N2O2S2. The summed E-state index contributed by atoms with van der Waals surface area (Å²) in [6.07, 6.45) is 5.01. The molecule has 1 heterocycles. The second-order valence-corrected chi connectivity index (χ2v) is 9.28. The molecule has 1 aromatic rings. The Morgan fingerprint density at radius 2 is 2.15 bits per heavy atom. The second kappa shape index (κ2) is 6.13. The monoisotopic (exact) mass is 316 g/mol. The van der Waals surface area contributed by atoms with Gasteiger partial charge in [-0.3, -0.25) is 0 Å². The standard InChI is InChI=1S/C14H24N2O2S2/c1-14(2)9-4-3-5-12(14)16-20(17,18)13-7-6-11(19-13)8-10-15/h6-7,12,16H,3-5,8-10,15H2,1-2H3. The predicted molar refractivity (Wildman–Crippen MR) is 83.4 cm³/mol. The summed E-state index contributed by atoms with van der Waals surface area (Å²) in [5.41, 5.74) is 5.54. The van der Waals surface area contributed by atoms with Crippen LogP contribution < -0.4 is 10.5 Å². The van der Waals surface area contributed by atoms with Gasteiger partial charge in [-0.1, -0.05) is 26.7 Å². The average Bonchev–Trinajstić information content (AvgIpc) is 2.82. The zero-order valence-corrected chi connectivity index (χ0v) is 13.8. The summed E-state index contributed by atoms with van der Waals surface area (Å²) in [4.78, 5) is 1.02. The predicted octanol–water partition coefficient (Wildman–Crippen LogP) is 2.50. The maximum atomic E-state index is 12.5. The molecule has 3 N–H and O–H groups in total. The Bertz CT molecular complexity index is 549. The molecule has 1 unspecified atom stereocenters. The average molecular weight is 316 g/mol. The Labute approximate surface area is 125 Å². The van der Waals surface area contributed by atoms with E-state index in [-0.39, 0.29) is 11.5 Å². The van der Waals surface area contributed by atoms with E-state index in [4.69, 9.17) is 5.73 Å². The molecule has 20 heavy (non-hydrogen) atoms. The van der Waals surface area contributed by atoms with Gasteiger partial charge in [-0.15, -0.1) is 11.3 Å². The van der Waals surface area contributed by atoms with E-state index in [1.165, 1.54) is 17.8 Å². The smallest absolute Gasteiger partial charge is 0.250 e. The maximum Gasteiger partial charge on any atom is 0.250 e. The molecule has 1 atom stereocenters. The molecule has 1 saturated carbocycles. The van der Waals surface area contributed by atoms with Crippen LogP contribution in [0.1, 0.15) is 44.4 Å². The fourth-order valence-electron chi connectivity index (χ4n) is 2.74. The number of nitrogens with two attached hydrogens (primary N) is 1. The van der Waals surface area contributed by atoms with Gasteiger partial charge in [0.2, 0.25) is 10.0 Å². The molecule has 6 heteroatoms. The van der Waals surface area contributed by atoms with Crippen LogP contribution >= 0.6 is 11.3 Å². The molecule has 0 saturated heterocycles. The quantitative estimate of drug-likeness (QED) is 0.876. The molecule has 1 aliphatic carbocycles. The second-order valence-electron chi connectivity index (χ2n) is 6.17. The fourth-order valence-corrected chi connectivity index (χ4v) is 5.57. The largest absolute Gasteiger partial charge is 0.330 e. The van der Waals surface area contributed by atoms with Crippen molar-refractivity contribution in [2.45, 2.75) is 56.2 Å². The van der Waals surface area contributed by atoms with Crippen LogP contribution in [0.4, 0.5) is 0 Å². The van der Waals surface area contributed by atoms with Crippen molar-refractivity contribution in [3.63, 3.8) is 0 Å². The molecule has 0 bridgehead atoms. The van der Waals surface area contributed by atoms with Crippen molar-refractivity contribution in [2.75, 3.05) is 6.54 Å². The van der Waals surface area contributed by atoms with Gasteiger partial charge in [0.25, 0.3) is 0 Å². The van der Waals surface area contributed by atoms with E-state index in [0.717, 1.165) is 30.6 Å². The van der Waals surface area contributed by atoms with Crippen LogP contribution in [0.15, 0.2) is 16.3 Å². The lowest BCUT2D eigenvalue weighted by molar-refractivity contribution is 0.188. The van der Waals surface area contributed by atoms with E-state index < -0.39 is 10.0 Å². The summed E-state index contributed by atoms with van der Waals surface area (Å²) in [5, 5.41) is 0. The minimum atomic E-state index is -3.40. The van der Waals surface area contributed by atoms with Crippen molar-refractivity contribution in [3.05, 3.63) is 17.0 Å². The maximum absolute atomic E-state index is 12.5. The van der Waals surface area contributed by atoms with Gasteiger partial charge in [0.15, 0.2) is 0 Å². The molecule has 0 aliphatic heterocycles. The van der Waals surface area contributed by atoms with Gasteiger partial charge in [0.1, 0.15) is 4.21 Å².